The monoisotopic (exact) mass is 388 g/mol. The first kappa shape index (κ1) is 21.3. The van der Waals surface area contributed by atoms with Gasteiger partial charge in [0, 0.05) is 24.6 Å². The highest BCUT2D eigenvalue weighted by molar-refractivity contribution is 5.99. The van der Waals surface area contributed by atoms with Crippen molar-refractivity contribution in [1.82, 2.24) is 15.3 Å². The quantitative estimate of drug-likeness (QED) is 0.517. The molecular formula is C20H25FN4O3. The van der Waals surface area contributed by atoms with E-state index in [1.165, 1.54) is 30.6 Å². The minimum Gasteiger partial charge on any atom is -0.464 e. The van der Waals surface area contributed by atoms with Gasteiger partial charge in [-0.15, -0.1) is 0 Å². The summed E-state index contributed by atoms with van der Waals surface area (Å²) < 4.78 is 18.7. The number of carbonyl (C=O) groups excluding carboxylic acids is 2. The van der Waals surface area contributed by atoms with Crippen molar-refractivity contribution in [3.63, 3.8) is 0 Å². The van der Waals surface area contributed by atoms with Crippen molar-refractivity contribution in [2.45, 2.75) is 39.2 Å². The van der Waals surface area contributed by atoms with E-state index < -0.39 is 23.2 Å². The Morgan fingerprint density at radius 3 is 2.50 bits per heavy atom. The Balaban J connectivity index is 2.11. The molecule has 0 saturated heterocycles. The molecule has 1 saturated carbocycles. The van der Waals surface area contributed by atoms with E-state index >= 15 is 0 Å². The first-order valence-corrected chi connectivity index (χ1v) is 9.12. The molecule has 1 fully saturated rings. The molecule has 8 heteroatoms. The number of halogens is 1. The summed E-state index contributed by atoms with van der Waals surface area (Å²) in [7, 11) is 0. The van der Waals surface area contributed by atoms with Gasteiger partial charge in [-0.3, -0.25) is 4.79 Å². The molecule has 1 aromatic rings. The maximum Gasteiger partial charge on any atom is 0.331 e. The fourth-order valence-electron chi connectivity index (χ4n) is 2.63. The number of amides is 1. The zero-order chi connectivity index (χ0) is 20.7. The Morgan fingerprint density at radius 2 is 2.00 bits per heavy atom. The van der Waals surface area contributed by atoms with Gasteiger partial charge in [0.15, 0.2) is 0 Å². The molecule has 0 radical (unpaired) electrons. The third-order valence-electron chi connectivity index (χ3n) is 4.28. The van der Waals surface area contributed by atoms with Crippen LogP contribution in [-0.2, 0) is 9.53 Å². The summed E-state index contributed by atoms with van der Waals surface area (Å²) in [4.78, 5) is 34.5. The van der Waals surface area contributed by atoms with Gasteiger partial charge in [0.05, 0.1) is 12.2 Å². The summed E-state index contributed by atoms with van der Waals surface area (Å²) in [6, 6.07) is 0. The second kappa shape index (κ2) is 9.25. The van der Waals surface area contributed by atoms with Crippen LogP contribution in [0.5, 0.6) is 0 Å². The molecule has 1 N–H and O–H groups in total. The summed E-state index contributed by atoms with van der Waals surface area (Å²) >= 11 is 0. The Kier molecular flexibility index (Phi) is 7.03. The second-order valence-electron chi connectivity index (χ2n) is 6.35. The van der Waals surface area contributed by atoms with Gasteiger partial charge in [0.1, 0.15) is 11.4 Å². The lowest BCUT2D eigenvalue weighted by Gasteiger charge is -2.21. The van der Waals surface area contributed by atoms with Crippen molar-refractivity contribution in [1.29, 1.82) is 0 Å². The van der Waals surface area contributed by atoms with Gasteiger partial charge in [-0.05, 0) is 45.8 Å². The Labute approximate surface area is 164 Å². The van der Waals surface area contributed by atoms with Crippen LogP contribution < -0.4 is 10.2 Å². The third-order valence-corrected chi connectivity index (χ3v) is 4.28. The highest BCUT2D eigenvalue weighted by atomic mass is 19.1. The minimum atomic E-state index is -0.935. The smallest absolute Gasteiger partial charge is 0.331 e. The molecule has 0 aliphatic heterocycles. The van der Waals surface area contributed by atoms with Crippen LogP contribution in [0.2, 0.25) is 0 Å². The molecule has 1 amide bonds. The molecule has 0 atom stereocenters. The number of anilines is 1. The number of ether oxygens (including phenoxy) is 1. The third kappa shape index (κ3) is 5.03. The molecule has 28 heavy (non-hydrogen) atoms. The molecule has 0 bridgehead atoms. The van der Waals surface area contributed by atoms with Crippen LogP contribution in [0.3, 0.4) is 0 Å². The normalized spacial score (nSPS) is 15.6. The Morgan fingerprint density at radius 1 is 1.36 bits per heavy atom. The number of nitrogens with zero attached hydrogens (tertiary/aromatic N) is 3. The number of carbonyl (C=O) groups is 2. The van der Waals surface area contributed by atoms with Crippen molar-refractivity contribution in [3.8, 4) is 0 Å². The molecule has 1 aliphatic carbocycles. The second-order valence-corrected chi connectivity index (χ2v) is 6.35. The number of hydrogen-bond acceptors (Lipinski definition) is 6. The molecule has 1 heterocycles. The number of allylic oxidation sites excluding steroid dienone is 5. The largest absolute Gasteiger partial charge is 0.464 e. The standard InChI is InChI=1S/C20H25FN4O3/c1-5-8-16(21)11-14(4)25(6-2)19-22-12-15(13-23-19)17(26)24-20(9-10-20)18(27)28-7-3/h5,8,11-13H,1,6-7,9-10H2,2-4H3,(H,24,26)/b14-11+,16-8+. The van der Waals surface area contributed by atoms with E-state index in [4.69, 9.17) is 4.74 Å². The van der Waals surface area contributed by atoms with Crippen LogP contribution >= 0.6 is 0 Å². The fraction of sp³-hybridized carbons (Fsp3) is 0.400. The molecule has 0 aromatic carbocycles. The van der Waals surface area contributed by atoms with Crippen LogP contribution in [0.1, 0.15) is 44.0 Å². The van der Waals surface area contributed by atoms with Crippen molar-refractivity contribution in [3.05, 3.63) is 54.3 Å². The average molecular weight is 388 g/mol. The predicted octanol–water partition coefficient (Wildman–Crippen LogP) is 3.07. The first-order valence-electron chi connectivity index (χ1n) is 9.12. The summed E-state index contributed by atoms with van der Waals surface area (Å²) in [5.74, 6) is -0.956. The van der Waals surface area contributed by atoms with Gasteiger partial charge in [-0.1, -0.05) is 12.7 Å². The van der Waals surface area contributed by atoms with E-state index in [1.807, 2.05) is 6.92 Å². The maximum absolute atomic E-state index is 13.7. The molecule has 1 aliphatic rings. The molecule has 1 aromatic heterocycles. The average Bonchev–Trinajstić information content (AvgIpc) is 3.44. The van der Waals surface area contributed by atoms with Gasteiger partial charge in [-0.25, -0.2) is 19.2 Å². The van der Waals surface area contributed by atoms with E-state index in [1.54, 1.807) is 18.7 Å². The van der Waals surface area contributed by atoms with Gasteiger partial charge >= 0.3 is 5.97 Å². The van der Waals surface area contributed by atoms with Crippen molar-refractivity contribution in [2.24, 2.45) is 0 Å². The van der Waals surface area contributed by atoms with Gasteiger partial charge in [0.2, 0.25) is 5.95 Å². The molecule has 150 valence electrons. The molecule has 0 unspecified atom stereocenters. The number of esters is 1. The molecule has 7 nitrogen and oxygen atoms in total. The lowest BCUT2D eigenvalue weighted by Crippen LogP contribution is -2.44. The highest BCUT2D eigenvalue weighted by Gasteiger charge is 2.52. The summed E-state index contributed by atoms with van der Waals surface area (Å²) in [6.07, 6.45) is 7.83. The van der Waals surface area contributed by atoms with Gasteiger partial charge in [0.25, 0.3) is 5.91 Å². The first-order chi connectivity index (χ1) is 13.4. The van der Waals surface area contributed by atoms with E-state index in [2.05, 4.69) is 21.9 Å². The Bertz CT molecular complexity index is 798. The van der Waals surface area contributed by atoms with E-state index in [9.17, 15) is 14.0 Å². The minimum absolute atomic E-state index is 0.231. The molecule has 2 rings (SSSR count). The molecule has 0 spiro atoms. The van der Waals surface area contributed by atoms with Crippen molar-refractivity contribution < 1.29 is 18.7 Å². The highest BCUT2D eigenvalue weighted by Crippen LogP contribution is 2.37. The Hall–Kier alpha value is -3.03. The SMILES string of the molecule is C=C/C=C(F)\C=C(/C)N(CC)c1ncc(C(=O)NC2(C(=O)OCC)CC2)cn1. The van der Waals surface area contributed by atoms with E-state index in [0.29, 0.717) is 31.0 Å². The fourth-order valence-corrected chi connectivity index (χ4v) is 2.63. The summed E-state index contributed by atoms with van der Waals surface area (Å²) in [5, 5.41) is 2.71. The van der Waals surface area contributed by atoms with Gasteiger partial charge < -0.3 is 15.0 Å². The lowest BCUT2D eigenvalue weighted by molar-refractivity contribution is -0.146. The lowest BCUT2D eigenvalue weighted by atomic mass is 10.2. The number of nitrogens with one attached hydrogen (secondary N) is 1. The summed E-state index contributed by atoms with van der Waals surface area (Å²) in [5.41, 5.74) is -0.0977. The number of hydrogen-bond donors (Lipinski definition) is 1. The molecular weight excluding hydrogens is 363 g/mol. The van der Waals surface area contributed by atoms with Crippen LogP contribution in [0.15, 0.2) is 48.7 Å². The van der Waals surface area contributed by atoms with Gasteiger partial charge in [-0.2, -0.15) is 0 Å². The zero-order valence-corrected chi connectivity index (χ0v) is 16.4. The van der Waals surface area contributed by atoms with Crippen molar-refractivity contribution in [2.75, 3.05) is 18.1 Å². The van der Waals surface area contributed by atoms with E-state index in [-0.39, 0.29) is 12.2 Å². The predicted molar refractivity (Wildman–Crippen MR) is 104 cm³/mol. The number of aromatic nitrogens is 2. The van der Waals surface area contributed by atoms with Crippen molar-refractivity contribution >= 4 is 17.8 Å². The van der Waals surface area contributed by atoms with Crippen LogP contribution in [0.25, 0.3) is 0 Å². The zero-order valence-electron chi connectivity index (χ0n) is 16.4. The topological polar surface area (TPSA) is 84.4 Å². The van der Waals surface area contributed by atoms with E-state index in [0.717, 1.165) is 0 Å². The maximum atomic E-state index is 13.7. The number of rotatable bonds is 9. The summed E-state index contributed by atoms with van der Waals surface area (Å²) in [6.45, 7) is 9.57. The van der Waals surface area contributed by atoms with Crippen LogP contribution in [0.4, 0.5) is 10.3 Å². The van der Waals surface area contributed by atoms with Crippen LogP contribution in [-0.4, -0.2) is 40.5 Å². The van der Waals surface area contributed by atoms with Crippen LogP contribution in [0, 0.1) is 0 Å².